The van der Waals surface area contributed by atoms with Crippen molar-refractivity contribution in [3.05, 3.63) is 27.7 Å². The van der Waals surface area contributed by atoms with Crippen LogP contribution >= 0.6 is 15.9 Å². The third-order valence-electron chi connectivity index (χ3n) is 5.71. The molecule has 2 fully saturated rings. The molecule has 0 aromatic heterocycles. The van der Waals surface area contributed by atoms with Gasteiger partial charge in [-0.1, -0.05) is 22.9 Å². The topological polar surface area (TPSA) is 29.1 Å². The standard InChI is InChI=1S/C20H28BrNO/c1-12-4-15-8-16(5-12)10-17(9-15)11-19(23)22-20-13(2)6-18(21)7-14(20)3/h6-7,12,15-17H,4-5,8-11H2,1-3H3,(H,22,23). The Morgan fingerprint density at radius 1 is 1.09 bits per heavy atom. The monoisotopic (exact) mass is 377 g/mol. The number of hydrogen-bond acceptors (Lipinski definition) is 1. The third kappa shape index (κ3) is 4.17. The number of carbonyl (C=O) groups is 1. The van der Waals surface area contributed by atoms with Gasteiger partial charge in [0.15, 0.2) is 0 Å². The number of benzene rings is 1. The molecule has 2 saturated carbocycles. The first-order chi connectivity index (χ1) is 10.9. The van der Waals surface area contributed by atoms with Crippen molar-refractivity contribution in [2.24, 2.45) is 23.7 Å². The molecule has 0 heterocycles. The van der Waals surface area contributed by atoms with Crippen LogP contribution in [0.3, 0.4) is 0 Å². The van der Waals surface area contributed by atoms with Gasteiger partial charge in [0.1, 0.15) is 0 Å². The van der Waals surface area contributed by atoms with Crippen molar-refractivity contribution in [1.82, 2.24) is 0 Å². The van der Waals surface area contributed by atoms with E-state index < -0.39 is 0 Å². The molecule has 0 saturated heterocycles. The molecule has 23 heavy (non-hydrogen) atoms. The lowest BCUT2D eigenvalue weighted by molar-refractivity contribution is -0.117. The zero-order valence-corrected chi connectivity index (χ0v) is 16.1. The second kappa shape index (κ2) is 6.96. The molecule has 0 aliphatic heterocycles. The molecule has 0 spiro atoms. The minimum absolute atomic E-state index is 0.191. The van der Waals surface area contributed by atoms with E-state index in [9.17, 15) is 4.79 Å². The largest absolute Gasteiger partial charge is 0.326 e. The summed E-state index contributed by atoms with van der Waals surface area (Å²) >= 11 is 3.51. The van der Waals surface area contributed by atoms with Gasteiger partial charge in [-0.3, -0.25) is 4.79 Å². The lowest BCUT2D eigenvalue weighted by atomic mass is 9.64. The van der Waals surface area contributed by atoms with Crippen LogP contribution in [0.15, 0.2) is 16.6 Å². The highest BCUT2D eigenvalue weighted by molar-refractivity contribution is 9.10. The Hall–Kier alpha value is -0.830. The van der Waals surface area contributed by atoms with Gasteiger partial charge in [0.05, 0.1) is 0 Å². The number of hydrogen-bond donors (Lipinski definition) is 1. The van der Waals surface area contributed by atoms with Gasteiger partial charge in [-0.05, 0) is 92.9 Å². The van der Waals surface area contributed by atoms with Crippen molar-refractivity contribution in [1.29, 1.82) is 0 Å². The van der Waals surface area contributed by atoms with Crippen LogP contribution in [-0.2, 0) is 4.79 Å². The van der Waals surface area contributed by atoms with Crippen molar-refractivity contribution in [2.45, 2.75) is 59.3 Å². The predicted octanol–water partition coefficient (Wildman–Crippen LogP) is 5.86. The van der Waals surface area contributed by atoms with Crippen molar-refractivity contribution in [2.75, 3.05) is 5.32 Å². The first-order valence-electron chi connectivity index (χ1n) is 8.97. The molecule has 1 aromatic carbocycles. The summed E-state index contributed by atoms with van der Waals surface area (Å²) in [6.07, 6.45) is 7.36. The highest BCUT2D eigenvalue weighted by atomic mass is 79.9. The average Bonchev–Trinajstić information content (AvgIpc) is 2.41. The van der Waals surface area contributed by atoms with E-state index in [1.165, 1.54) is 32.1 Å². The lowest BCUT2D eigenvalue weighted by Gasteiger charge is -2.41. The van der Waals surface area contributed by atoms with Gasteiger partial charge < -0.3 is 5.32 Å². The van der Waals surface area contributed by atoms with Crippen LogP contribution in [0, 0.1) is 37.5 Å². The van der Waals surface area contributed by atoms with Gasteiger partial charge in [0.2, 0.25) is 5.91 Å². The molecule has 1 N–H and O–H groups in total. The quantitative estimate of drug-likeness (QED) is 0.702. The smallest absolute Gasteiger partial charge is 0.224 e. The van der Waals surface area contributed by atoms with E-state index in [2.05, 4.69) is 54.2 Å². The molecule has 2 nitrogen and oxygen atoms in total. The van der Waals surface area contributed by atoms with Crippen LogP contribution in [0.4, 0.5) is 5.69 Å². The van der Waals surface area contributed by atoms with Crippen LogP contribution in [0.1, 0.15) is 56.6 Å². The molecule has 1 aromatic rings. The fourth-order valence-corrected chi connectivity index (χ4v) is 5.74. The number of carbonyl (C=O) groups excluding carboxylic acids is 1. The molecule has 2 unspecified atom stereocenters. The maximum atomic E-state index is 12.5. The summed E-state index contributed by atoms with van der Waals surface area (Å²) in [7, 11) is 0. The van der Waals surface area contributed by atoms with Crippen LogP contribution in [0.25, 0.3) is 0 Å². The summed E-state index contributed by atoms with van der Waals surface area (Å²) < 4.78 is 1.07. The van der Waals surface area contributed by atoms with Crippen LogP contribution in [-0.4, -0.2) is 5.91 Å². The van der Waals surface area contributed by atoms with Crippen LogP contribution in [0.2, 0.25) is 0 Å². The Bertz CT molecular complexity index is 556. The van der Waals surface area contributed by atoms with Gasteiger partial charge in [-0.25, -0.2) is 0 Å². The maximum absolute atomic E-state index is 12.5. The molecule has 126 valence electrons. The van der Waals surface area contributed by atoms with Gasteiger partial charge in [-0.15, -0.1) is 0 Å². The van der Waals surface area contributed by atoms with Crippen LogP contribution < -0.4 is 5.32 Å². The fourth-order valence-electron chi connectivity index (χ4n) is 5.05. The summed E-state index contributed by atoms with van der Waals surface area (Å²) in [5.41, 5.74) is 3.24. The molecular formula is C20H28BrNO. The average molecular weight is 378 g/mol. The van der Waals surface area contributed by atoms with Gasteiger partial charge in [-0.2, -0.15) is 0 Å². The normalized spacial score (nSPS) is 30.1. The maximum Gasteiger partial charge on any atom is 0.224 e. The van der Waals surface area contributed by atoms with Crippen molar-refractivity contribution < 1.29 is 4.79 Å². The van der Waals surface area contributed by atoms with E-state index >= 15 is 0 Å². The SMILES string of the molecule is Cc1cc(Br)cc(C)c1NC(=O)CC1CC2CC(C)CC(C1)C2. The Morgan fingerprint density at radius 3 is 2.22 bits per heavy atom. The fraction of sp³-hybridized carbons (Fsp3) is 0.650. The van der Waals surface area contributed by atoms with E-state index in [1.807, 2.05) is 0 Å². The van der Waals surface area contributed by atoms with Crippen molar-refractivity contribution in [3.63, 3.8) is 0 Å². The van der Waals surface area contributed by atoms with E-state index in [0.717, 1.165) is 39.0 Å². The number of aryl methyl sites for hydroxylation is 2. The number of anilines is 1. The summed E-state index contributed by atoms with van der Waals surface area (Å²) in [4.78, 5) is 12.5. The molecule has 2 bridgehead atoms. The zero-order chi connectivity index (χ0) is 16.6. The number of fused-ring (bicyclic) bond motifs is 2. The van der Waals surface area contributed by atoms with E-state index in [-0.39, 0.29) is 5.91 Å². The minimum Gasteiger partial charge on any atom is -0.326 e. The Balaban J connectivity index is 1.60. The van der Waals surface area contributed by atoms with Crippen molar-refractivity contribution >= 4 is 27.5 Å². The number of rotatable bonds is 3. The summed E-state index contributed by atoms with van der Waals surface area (Å²) in [6, 6.07) is 4.13. The van der Waals surface area contributed by atoms with E-state index in [4.69, 9.17) is 0 Å². The van der Waals surface area contributed by atoms with Gasteiger partial charge >= 0.3 is 0 Å². The highest BCUT2D eigenvalue weighted by Crippen LogP contribution is 2.45. The zero-order valence-electron chi connectivity index (χ0n) is 14.5. The molecule has 3 rings (SSSR count). The first kappa shape index (κ1) is 17.0. The lowest BCUT2D eigenvalue weighted by Crippen LogP contribution is -2.32. The predicted molar refractivity (Wildman–Crippen MR) is 99.6 cm³/mol. The third-order valence-corrected chi connectivity index (χ3v) is 6.17. The summed E-state index contributed by atoms with van der Waals surface area (Å²) in [5.74, 6) is 3.40. The number of halogens is 1. The molecular weight excluding hydrogens is 350 g/mol. The molecule has 2 atom stereocenters. The molecule has 2 aliphatic carbocycles. The van der Waals surface area contributed by atoms with E-state index in [0.29, 0.717) is 12.3 Å². The molecule has 2 aliphatic rings. The van der Waals surface area contributed by atoms with Crippen molar-refractivity contribution in [3.8, 4) is 0 Å². The number of amides is 1. The minimum atomic E-state index is 0.191. The van der Waals surface area contributed by atoms with Gasteiger partial charge in [0, 0.05) is 16.6 Å². The van der Waals surface area contributed by atoms with E-state index in [1.54, 1.807) is 0 Å². The highest BCUT2D eigenvalue weighted by Gasteiger charge is 2.35. The summed E-state index contributed by atoms with van der Waals surface area (Å²) in [5, 5.41) is 3.17. The second-order valence-corrected chi connectivity index (χ2v) is 8.96. The van der Waals surface area contributed by atoms with Gasteiger partial charge in [0.25, 0.3) is 0 Å². The Morgan fingerprint density at radius 2 is 1.65 bits per heavy atom. The molecule has 3 heteroatoms. The molecule has 1 amide bonds. The molecule has 0 radical (unpaired) electrons. The second-order valence-electron chi connectivity index (χ2n) is 8.05. The first-order valence-corrected chi connectivity index (χ1v) is 9.76. The number of nitrogens with one attached hydrogen (secondary N) is 1. The van der Waals surface area contributed by atoms with Crippen LogP contribution in [0.5, 0.6) is 0 Å². The summed E-state index contributed by atoms with van der Waals surface area (Å²) in [6.45, 7) is 6.50. The Labute approximate surface area is 148 Å². The Kier molecular flexibility index (Phi) is 5.15.